The summed E-state index contributed by atoms with van der Waals surface area (Å²) in [5, 5.41) is 4.11. The molecule has 5 heteroatoms. The molecule has 4 nitrogen and oxygen atoms in total. The summed E-state index contributed by atoms with van der Waals surface area (Å²) < 4.78 is 23.8. The fourth-order valence-electron chi connectivity index (χ4n) is 2.33. The van der Waals surface area contributed by atoms with Gasteiger partial charge in [0, 0.05) is 18.2 Å². The van der Waals surface area contributed by atoms with Gasteiger partial charge in [0.15, 0.2) is 5.76 Å². The van der Waals surface area contributed by atoms with Crippen LogP contribution in [0.25, 0.3) is 11.3 Å². The molecule has 0 spiro atoms. The summed E-state index contributed by atoms with van der Waals surface area (Å²) in [5.74, 6) is 1.20. The average molecular weight is 326 g/mol. The van der Waals surface area contributed by atoms with Gasteiger partial charge in [-0.3, -0.25) is 4.90 Å². The standard InChI is InChI=1S/C19H19FN2O2/c1-22(11-12-23-17-9-7-16(20)8-10-17)14-18-13-19(21-24-18)15-5-3-2-4-6-15/h2-10,13H,11-12,14H2,1H3. The van der Waals surface area contributed by atoms with Crippen LogP contribution in [0, 0.1) is 5.82 Å². The maximum Gasteiger partial charge on any atom is 0.151 e. The molecule has 3 aromatic rings. The number of nitrogens with zero attached hydrogens (tertiary/aromatic N) is 2. The molecule has 24 heavy (non-hydrogen) atoms. The van der Waals surface area contributed by atoms with Gasteiger partial charge < -0.3 is 9.26 Å². The Balaban J connectivity index is 1.47. The van der Waals surface area contributed by atoms with Gasteiger partial charge >= 0.3 is 0 Å². The van der Waals surface area contributed by atoms with Crippen molar-refractivity contribution >= 4 is 0 Å². The molecular weight excluding hydrogens is 307 g/mol. The monoisotopic (exact) mass is 326 g/mol. The Bertz CT molecular complexity index is 757. The number of benzene rings is 2. The van der Waals surface area contributed by atoms with Crippen LogP contribution in [0.15, 0.2) is 65.2 Å². The van der Waals surface area contributed by atoms with Crippen LogP contribution < -0.4 is 4.74 Å². The number of rotatable bonds is 7. The first-order valence-electron chi connectivity index (χ1n) is 7.78. The van der Waals surface area contributed by atoms with Crippen LogP contribution in [0.4, 0.5) is 4.39 Å². The summed E-state index contributed by atoms with van der Waals surface area (Å²) in [5.41, 5.74) is 1.87. The Morgan fingerprint density at radius 3 is 2.58 bits per heavy atom. The molecule has 0 saturated carbocycles. The first-order valence-corrected chi connectivity index (χ1v) is 7.78. The van der Waals surface area contributed by atoms with E-state index < -0.39 is 0 Å². The van der Waals surface area contributed by atoms with E-state index in [0.29, 0.717) is 18.9 Å². The van der Waals surface area contributed by atoms with Gasteiger partial charge in [-0.2, -0.15) is 0 Å². The van der Waals surface area contributed by atoms with Crippen molar-refractivity contribution in [3.63, 3.8) is 0 Å². The highest BCUT2D eigenvalue weighted by Crippen LogP contribution is 2.19. The molecule has 2 aromatic carbocycles. The van der Waals surface area contributed by atoms with E-state index in [9.17, 15) is 4.39 Å². The predicted octanol–water partition coefficient (Wildman–Crippen LogP) is 3.99. The maximum absolute atomic E-state index is 12.8. The van der Waals surface area contributed by atoms with E-state index in [2.05, 4.69) is 10.1 Å². The van der Waals surface area contributed by atoms with Crippen LogP contribution >= 0.6 is 0 Å². The van der Waals surface area contributed by atoms with Gasteiger partial charge in [-0.15, -0.1) is 0 Å². The normalized spacial score (nSPS) is 11.0. The SMILES string of the molecule is CN(CCOc1ccc(F)cc1)Cc1cc(-c2ccccc2)no1. The number of hydrogen-bond donors (Lipinski definition) is 0. The van der Waals surface area contributed by atoms with Crippen molar-refractivity contribution < 1.29 is 13.7 Å². The third-order valence-electron chi connectivity index (χ3n) is 3.61. The number of hydrogen-bond acceptors (Lipinski definition) is 4. The molecule has 0 bridgehead atoms. The molecule has 0 radical (unpaired) electrons. The van der Waals surface area contributed by atoms with Crippen LogP contribution in [0.5, 0.6) is 5.75 Å². The molecule has 0 fully saturated rings. The zero-order valence-corrected chi connectivity index (χ0v) is 13.5. The molecule has 1 heterocycles. The fraction of sp³-hybridized carbons (Fsp3) is 0.211. The summed E-state index contributed by atoms with van der Waals surface area (Å²) in [4.78, 5) is 2.08. The fourth-order valence-corrected chi connectivity index (χ4v) is 2.33. The van der Waals surface area contributed by atoms with Crippen LogP contribution in [0.1, 0.15) is 5.76 Å². The largest absolute Gasteiger partial charge is 0.492 e. The summed E-state index contributed by atoms with van der Waals surface area (Å²) in [6.45, 7) is 1.88. The molecule has 3 rings (SSSR count). The van der Waals surface area contributed by atoms with Crippen LogP contribution in [0.2, 0.25) is 0 Å². The zero-order chi connectivity index (χ0) is 16.8. The van der Waals surface area contributed by atoms with Gasteiger partial charge in [0.25, 0.3) is 0 Å². The second-order valence-electron chi connectivity index (χ2n) is 5.58. The molecule has 1 aromatic heterocycles. The van der Waals surface area contributed by atoms with E-state index >= 15 is 0 Å². The minimum atomic E-state index is -0.265. The highest BCUT2D eigenvalue weighted by atomic mass is 19.1. The Morgan fingerprint density at radius 1 is 1.08 bits per heavy atom. The summed E-state index contributed by atoms with van der Waals surface area (Å²) in [7, 11) is 1.98. The molecule has 0 unspecified atom stereocenters. The average Bonchev–Trinajstić information content (AvgIpc) is 3.06. The molecule has 0 saturated heterocycles. The molecule has 0 aliphatic heterocycles. The lowest BCUT2D eigenvalue weighted by Crippen LogP contribution is -2.23. The van der Waals surface area contributed by atoms with Gasteiger partial charge in [0.05, 0.1) is 6.54 Å². The lowest BCUT2D eigenvalue weighted by molar-refractivity contribution is 0.215. The van der Waals surface area contributed by atoms with Gasteiger partial charge in [-0.1, -0.05) is 35.5 Å². The smallest absolute Gasteiger partial charge is 0.151 e. The second kappa shape index (κ2) is 7.75. The van der Waals surface area contributed by atoms with E-state index in [1.54, 1.807) is 12.1 Å². The van der Waals surface area contributed by atoms with Crippen molar-refractivity contribution in [1.29, 1.82) is 0 Å². The molecular formula is C19H19FN2O2. The number of aromatic nitrogens is 1. The summed E-state index contributed by atoms with van der Waals surface area (Å²) in [6.07, 6.45) is 0. The molecule has 0 aliphatic carbocycles. The molecule has 124 valence electrons. The topological polar surface area (TPSA) is 38.5 Å². The minimum Gasteiger partial charge on any atom is -0.492 e. The van der Waals surface area contributed by atoms with Crippen molar-refractivity contribution in [2.45, 2.75) is 6.54 Å². The first-order chi connectivity index (χ1) is 11.7. The minimum absolute atomic E-state index is 0.265. The summed E-state index contributed by atoms with van der Waals surface area (Å²) >= 11 is 0. The Kier molecular flexibility index (Phi) is 5.23. The zero-order valence-electron chi connectivity index (χ0n) is 13.5. The molecule has 0 aliphatic rings. The van der Waals surface area contributed by atoms with Gasteiger partial charge in [-0.25, -0.2) is 4.39 Å². The predicted molar refractivity (Wildman–Crippen MR) is 90.2 cm³/mol. The van der Waals surface area contributed by atoms with E-state index in [0.717, 1.165) is 23.6 Å². The van der Waals surface area contributed by atoms with Crippen molar-refractivity contribution in [2.75, 3.05) is 20.2 Å². The van der Waals surface area contributed by atoms with E-state index in [1.807, 2.05) is 43.4 Å². The molecule has 0 atom stereocenters. The van der Waals surface area contributed by atoms with Crippen molar-refractivity contribution in [1.82, 2.24) is 10.1 Å². The van der Waals surface area contributed by atoms with Crippen LogP contribution in [-0.4, -0.2) is 30.3 Å². The van der Waals surface area contributed by atoms with Crippen LogP contribution in [0.3, 0.4) is 0 Å². The highest BCUT2D eigenvalue weighted by Gasteiger charge is 2.09. The lowest BCUT2D eigenvalue weighted by atomic mass is 10.1. The van der Waals surface area contributed by atoms with E-state index in [4.69, 9.17) is 9.26 Å². The third-order valence-corrected chi connectivity index (χ3v) is 3.61. The Hall–Kier alpha value is -2.66. The van der Waals surface area contributed by atoms with Crippen molar-refractivity contribution in [3.05, 3.63) is 72.2 Å². The lowest BCUT2D eigenvalue weighted by Gasteiger charge is -2.15. The Labute approximate surface area is 140 Å². The second-order valence-corrected chi connectivity index (χ2v) is 5.58. The van der Waals surface area contributed by atoms with E-state index in [1.165, 1.54) is 12.1 Å². The van der Waals surface area contributed by atoms with Crippen molar-refractivity contribution in [3.8, 4) is 17.0 Å². The number of likely N-dealkylation sites (N-methyl/N-ethyl adjacent to an activating group) is 1. The van der Waals surface area contributed by atoms with Gasteiger partial charge in [-0.05, 0) is 31.3 Å². The first kappa shape index (κ1) is 16.2. The number of halogens is 1. The maximum atomic E-state index is 12.8. The Morgan fingerprint density at radius 2 is 1.83 bits per heavy atom. The molecule has 0 N–H and O–H groups in total. The highest BCUT2D eigenvalue weighted by molar-refractivity contribution is 5.58. The van der Waals surface area contributed by atoms with Gasteiger partial charge in [0.2, 0.25) is 0 Å². The summed E-state index contributed by atoms with van der Waals surface area (Å²) in [6, 6.07) is 17.9. The molecule has 0 amide bonds. The van der Waals surface area contributed by atoms with Crippen LogP contribution in [-0.2, 0) is 6.54 Å². The van der Waals surface area contributed by atoms with Crippen molar-refractivity contribution in [2.24, 2.45) is 0 Å². The van der Waals surface area contributed by atoms with E-state index in [-0.39, 0.29) is 5.82 Å². The number of ether oxygens (including phenoxy) is 1. The quantitative estimate of drug-likeness (QED) is 0.658. The third kappa shape index (κ3) is 4.43. The van der Waals surface area contributed by atoms with Gasteiger partial charge in [0.1, 0.15) is 23.9 Å².